The number of nitrogens with two attached hydrogens (primary N) is 1. The van der Waals surface area contributed by atoms with Crippen LogP contribution in [0.2, 0.25) is 0 Å². The van der Waals surface area contributed by atoms with E-state index in [9.17, 15) is 4.79 Å². The van der Waals surface area contributed by atoms with Crippen LogP contribution < -0.4 is 25.9 Å². The first-order chi connectivity index (χ1) is 14.5. The lowest BCUT2D eigenvalue weighted by Gasteiger charge is -2.13. The van der Waals surface area contributed by atoms with E-state index in [0.29, 0.717) is 33.5 Å². The van der Waals surface area contributed by atoms with Gasteiger partial charge >= 0.3 is 0 Å². The highest BCUT2D eigenvalue weighted by Crippen LogP contribution is 2.36. The molecule has 156 valence electrons. The minimum Gasteiger partial charge on any atom is -0.493 e. The standard InChI is InChI=1S/C20H20BrN5O3S/c1-28-16-8-14(10-24-26-20-25-17(22)12-30-20)7-15(21)19(16)29-11-18(27)23-9-13-5-3-2-4-6-13/h2-8,10,12H,9,11,22H2,1H3,(H,23,27)(H,25,26). The number of nitrogens with one attached hydrogen (secondary N) is 2. The maximum absolute atomic E-state index is 12.1. The molecule has 1 aromatic heterocycles. The Hall–Kier alpha value is -3.11. The Balaban J connectivity index is 1.58. The van der Waals surface area contributed by atoms with E-state index in [1.54, 1.807) is 23.7 Å². The summed E-state index contributed by atoms with van der Waals surface area (Å²) in [5.74, 6) is 1.12. The van der Waals surface area contributed by atoms with Crippen molar-refractivity contribution in [2.45, 2.75) is 6.54 Å². The van der Waals surface area contributed by atoms with Gasteiger partial charge in [0.2, 0.25) is 5.13 Å². The number of hydrogen-bond donors (Lipinski definition) is 3. The molecular weight excluding hydrogens is 470 g/mol. The molecule has 8 nitrogen and oxygen atoms in total. The number of ether oxygens (including phenoxy) is 2. The predicted molar refractivity (Wildman–Crippen MR) is 122 cm³/mol. The van der Waals surface area contributed by atoms with Gasteiger partial charge in [0.1, 0.15) is 5.82 Å². The Kier molecular flexibility index (Phi) is 7.63. The maximum atomic E-state index is 12.1. The van der Waals surface area contributed by atoms with Crippen LogP contribution in [-0.2, 0) is 11.3 Å². The van der Waals surface area contributed by atoms with Crippen molar-refractivity contribution in [3.05, 3.63) is 63.4 Å². The number of methoxy groups -OCH3 is 1. The molecule has 0 atom stereocenters. The number of hydrogen-bond acceptors (Lipinski definition) is 8. The van der Waals surface area contributed by atoms with Crippen LogP contribution in [0, 0.1) is 0 Å². The fourth-order valence-corrected chi connectivity index (χ4v) is 3.56. The lowest BCUT2D eigenvalue weighted by Crippen LogP contribution is -2.28. The van der Waals surface area contributed by atoms with E-state index >= 15 is 0 Å². The third kappa shape index (κ3) is 6.19. The summed E-state index contributed by atoms with van der Waals surface area (Å²) in [5, 5.41) is 9.27. The first-order valence-corrected chi connectivity index (χ1v) is 10.5. The minimum atomic E-state index is -0.231. The summed E-state index contributed by atoms with van der Waals surface area (Å²) in [6, 6.07) is 13.2. The van der Waals surface area contributed by atoms with E-state index in [0.717, 1.165) is 11.1 Å². The summed E-state index contributed by atoms with van der Waals surface area (Å²) in [4.78, 5) is 16.2. The number of carbonyl (C=O) groups is 1. The van der Waals surface area contributed by atoms with Gasteiger partial charge in [-0.1, -0.05) is 30.3 Å². The van der Waals surface area contributed by atoms with Gasteiger partial charge in [0.05, 0.1) is 17.8 Å². The quantitative estimate of drug-likeness (QED) is 0.312. The van der Waals surface area contributed by atoms with E-state index < -0.39 is 0 Å². The fourth-order valence-electron chi connectivity index (χ4n) is 2.44. The molecule has 0 aliphatic carbocycles. The van der Waals surface area contributed by atoms with E-state index in [2.05, 4.69) is 36.8 Å². The molecule has 1 amide bonds. The first-order valence-electron chi connectivity index (χ1n) is 8.86. The molecule has 2 aromatic carbocycles. The number of amides is 1. The Morgan fingerprint density at radius 3 is 2.83 bits per heavy atom. The van der Waals surface area contributed by atoms with Gasteiger partial charge in [0.15, 0.2) is 18.1 Å². The number of benzene rings is 2. The van der Waals surface area contributed by atoms with Gasteiger partial charge in [-0.15, -0.1) is 11.3 Å². The summed E-state index contributed by atoms with van der Waals surface area (Å²) < 4.78 is 11.7. The molecule has 0 unspecified atom stereocenters. The van der Waals surface area contributed by atoms with Crippen molar-refractivity contribution in [2.24, 2.45) is 5.10 Å². The molecule has 0 bridgehead atoms. The van der Waals surface area contributed by atoms with E-state index in [4.69, 9.17) is 15.2 Å². The lowest BCUT2D eigenvalue weighted by atomic mass is 10.2. The normalized spacial score (nSPS) is 10.7. The molecule has 0 spiro atoms. The van der Waals surface area contributed by atoms with Crippen LogP contribution >= 0.6 is 27.3 Å². The summed E-state index contributed by atoms with van der Waals surface area (Å²) in [7, 11) is 1.53. The highest BCUT2D eigenvalue weighted by Gasteiger charge is 2.13. The van der Waals surface area contributed by atoms with Crippen molar-refractivity contribution in [3.63, 3.8) is 0 Å². The van der Waals surface area contributed by atoms with Gasteiger partial charge in [0.25, 0.3) is 5.91 Å². The smallest absolute Gasteiger partial charge is 0.258 e. The van der Waals surface area contributed by atoms with Crippen molar-refractivity contribution in [3.8, 4) is 11.5 Å². The summed E-state index contributed by atoms with van der Waals surface area (Å²) in [6.45, 7) is 0.302. The second-order valence-corrected chi connectivity index (χ2v) is 7.75. The van der Waals surface area contributed by atoms with Crippen LogP contribution in [0.3, 0.4) is 0 Å². The van der Waals surface area contributed by atoms with Gasteiger partial charge in [-0.3, -0.25) is 10.2 Å². The molecule has 0 saturated carbocycles. The molecule has 10 heteroatoms. The molecule has 4 N–H and O–H groups in total. The zero-order valence-electron chi connectivity index (χ0n) is 16.1. The van der Waals surface area contributed by atoms with Gasteiger partial charge in [-0.2, -0.15) is 5.10 Å². The van der Waals surface area contributed by atoms with E-state index in [-0.39, 0.29) is 12.5 Å². The number of carbonyl (C=O) groups excluding carboxylic acids is 1. The molecule has 0 aliphatic rings. The number of nitrogen functional groups attached to an aromatic ring is 1. The topological polar surface area (TPSA) is 111 Å². The zero-order valence-corrected chi connectivity index (χ0v) is 18.5. The summed E-state index contributed by atoms with van der Waals surface area (Å²) in [5.41, 5.74) is 10.2. The van der Waals surface area contributed by atoms with Gasteiger partial charge < -0.3 is 20.5 Å². The first kappa shape index (κ1) is 21.6. The van der Waals surface area contributed by atoms with Crippen molar-refractivity contribution >= 4 is 50.3 Å². The highest BCUT2D eigenvalue weighted by atomic mass is 79.9. The minimum absolute atomic E-state index is 0.137. The predicted octanol–water partition coefficient (Wildman–Crippen LogP) is 3.64. The molecule has 0 radical (unpaired) electrons. The van der Waals surface area contributed by atoms with Crippen LogP contribution in [-0.4, -0.2) is 30.8 Å². The largest absolute Gasteiger partial charge is 0.493 e. The van der Waals surface area contributed by atoms with Gasteiger partial charge in [-0.25, -0.2) is 4.98 Å². The number of aromatic nitrogens is 1. The number of anilines is 2. The molecule has 0 aliphatic heterocycles. The third-order valence-corrected chi connectivity index (χ3v) is 5.18. The molecular formula is C20H20BrN5O3S. The van der Waals surface area contributed by atoms with Crippen molar-refractivity contribution in [1.82, 2.24) is 10.3 Å². The number of nitrogens with zero attached hydrogens (tertiary/aromatic N) is 2. The number of thiazole rings is 1. The number of rotatable bonds is 9. The Morgan fingerprint density at radius 2 is 2.13 bits per heavy atom. The Bertz CT molecular complexity index is 1030. The lowest BCUT2D eigenvalue weighted by molar-refractivity contribution is -0.123. The molecule has 0 saturated heterocycles. The van der Waals surface area contributed by atoms with Crippen molar-refractivity contribution in [2.75, 3.05) is 24.9 Å². The molecule has 3 aromatic rings. The van der Waals surface area contributed by atoms with Crippen LogP contribution in [0.5, 0.6) is 11.5 Å². The van der Waals surface area contributed by atoms with Gasteiger partial charge in [-0.05, 0) is 39.2 Å². The second-order valence-electron chi connectivity index (χ2n) is 6.03. The Labute approximate surface area is 186 Å². The van der Waals surface area contributed by atoms with Crippen LogP contribution in [0.25, 0.3) is 0 Å². The fraction of sp³-hybridized carbons (Fsp3) is 0.150. The highest BCUT2D eigenvalue weighted by molar-refractivity contribution is 9.10. The summed E-state index contributed by atoms with van der Waals surface area (Å²) >= 11 is 4.82. The number of hydrazone groups is 1. The molecule has 3 rings (SSSR count). The number of halogens is 1. The SMILES string of the molecule is COc1cc(C=NNc2nc(N)cs2)cc(Br)c1OCC(=O)NCc1ccccc1. The van der Waals surface area contributed by atoms with E-state index in [1.807, 2.05) is 30.3 Å². The van der Waals surface area contributed by atoms with E-state index in [1.165, 1.54) is 18.4 Å². The Morgan fingerprint density at radius 1 is 1.33 bits per heavy atom. The van der Waals surface area contributed by atoms with Crippen LogP contribution in [0.4, 0.5) is 10.9 Å². The van der Waals surface area contributed by atoms with Crippen molar-refractivity contribution < 1.29 is 14.3 Å². The second kappa shape index (κ2) is 10.6. The maximum Gasteiger partial charge on any atom is 0.258 e. The van der Waals surface area contributed by atoms with Crippen molar-refractivity contribution in [1.29, 1.82) is 0 Å². The average Bonchev–Trinajstić information content (AvgIpc) is 3.16. The third-order valence-electron chi connectivity index (χ3n) is 3.83. The molecule has 1 heterocycles. The van der Waals surface area contributed by atoms with Gasteiger partial charge in [0, 0.05) is 11.9 Å². The molecule has 30 heavy (non-hydrogen) atoms. The van der Waals surface area contributed by atoms with Crippen LogP contribution in [0.15, 0.2) is 57.4 Å². The monoisotopic (exact) mass is 489 g/mol. The average molecular weight is 490 g/mol. The van der Waals surface area contributed by atoms with Crippen LogP contribution in [0.1, 0.15) is 11.1 Å². The molecule has 0 fully saturated rings. The summed E-state index contributed by atoms with van der Waals surface area (Å²) in [6.07, 6.45) is 1.61. The zero-order chi connectivity index (χ0) is 21.3.